The molecule has 0 heterocycles. The summed E-state index contributed by atoms with van der Waals surface area (Å²) in [6.07, 6.45) is 0.556. The monoisotopic (exact) mass is 245 g/mol. The van der Waals surface area contributed by atoms with Crippen LogP contribution in [0.15, 0.2) is 24.3 Å². The predicted octanol–water partition coefficient (Wildman–Crippen LogP) is 1.69. The minimum Gasteiger partial charge on any atom is -0.384 e. The van der Waals surface area contributed by atoms with Crippen molar-refractivity contribution in [2.75, 3.05) is 6.61 Å². The summed E-state index contributed by atoms with van der Waals surface area (Å²) in [5, 5.41) is 11.5. The van der Waals surface area contributed by atoms with E-state index in [1.54, 1.807) is 0 Å². The molecule has 1 aromatic rings. The summed E-state index contributed by atoms with van der Waals surface area (Å²) in [5.74, 6) is 5.87. The van der Waals surface area contributed by atoms with Crippen LogP contribution in [0.25, 0.3) is 0 Å². The van der Waals surface area contributed by atoms with Gasteiger partial charge in [0.25, 0.3) is 0 Å². The van der Waals surface area contributed by atoms with E-state index in [1.807, 2.05) is 38.1 Å². The molecule has 3 heteroatoms. The van der Waals surface area contributed by atoms with Gasteiger partial charge in [0.05, 0.1) is 0 Å². The zero-order chi connectivity index (χ0) is 13.4. The van der Waals surface area contributed by atoms with Crippen molar-refractivity contribution in [2.24, 2.45) is 5.92 Å². The Labute approximate surface area is 108 Å². The van der Waals surface area contributed by atoms with Crippen LogP contribution >= 0.6 is 0 Å². The van der Waals surface area contributed by atoms with Gasteiger partial charge < -0.3 is 10.4 Å². The van der Waals surface area contributed by atoms with E-state index in [2.05, 4.69) is 17.2 Å². The van der Waals surface area contributed by atoms with Crippen LogP contribution in [0.5, 0.6) is 0 Å². The van der Waals surface area contributed by atoms with Crippen LogP contribution in [0.2, 0.25) is 0 Å². The lowest BCUT2D eigenvalue weighted by Crippen LogP contribution is -2.23. The molecule has 0 bridgehead atoms. The minimum atomic E-state index is -0.132. The summed E-state index contributed by atoms with van der Waals surface area (Å²) in [7, 11) is 0. The smallest absolute Gasteiger partial charge is 0.220 e. The van der Waals surface area contributed by atoms with E-state index in [0.29, 0.717) is 18.9 Å². The third kappa shape index (κ3) is 5.51. The number of hydrogen-bond acceptors (Lipinski definition) is 2. The van der Waals surface area contributed by atoms with E-state index in [0.717, 1.165) is 11.1 Å². The Morgan fingerprint density at radius 3 is 2.56 bits per heavy atom. The first-order valence-electron chi connectivity index (χ1n) is 6.07. The Balaban J connectivity index is 2.46. The zero-order valence-electron chi connectivity index (χ0n) is 10.9. The van der Waals surface area contributed by atoms with Gasteiger partial charge in [-0.3, -0.25) is 4.79 Å². The van der Waals surface area contributed by atoms with Crippen LogP contribution in [0, 0.1) is 17.8 Å². The van der Waals surface area contributed by atoms with Crippen molar-refractivity contribution in [2.45, 2.75) is 26.8 Å². The normalized spacial score (nSPS) is 9.78. The fourth-order valence-corrected chi connectivity index (χ4v) is 1.49. The maximum atomic E-state index is 11.5. The van der Waals surface area contributed by atoms with Gasteiger partial charge in [0.2, 0.25) is 5.91 Å². The standard InChI is InChI=1S/C15H19NO2/c1-12(2)10-15(18)16-11-14-7-5-13(6-8-14)4-3-9-17/h5-8,12,17H,9-11H2,1-2H3,(H,16,18). The Bertz CT molecular complexity index is 438. The van der Waals surface area contributed by atoms with Gasteiger partial charge in [0.15, 0.2) is 0 Å². The first-order chi connectivity index (χ1) is 8.61. The van der Waals surface area contributed by atoms with Crippen molar-refractivity contribution in [3.63, 3.8) is 0 Å². The van der Waals surface area contributed by atoms with E-state index in [1.165, 1.54) is 0 Å². The van der Waals surface area contributed by atoms with E-state index >= 15 is 0 Å². The van der Waals surface area contributed by atoms with Crippen LogP contribution in [-0.2, 0) is 11.3 Å². The second-order valence-corrected chi connectivity index (χ2v) is 4.53. The molecule has 0 aliphatic carbocycles. The molecule has 18 heavy (non-hydrogen) atoms. The average molecular weight is 245 g/mol. The molecule has 0 unspecified atom stereocenters. The van der Waals surface area contributed by atoms with Gasteiger partial charge in [-0.2, -0.15) is 0 Å². The Morgan fingerprint density at radius 1 is 1.33 bits per heavy atom. The molecule has 0 radical (unpaired) electrons. The van der Waals surface area contributed by atoms with Gasteiger partial charge in [0, 0.05) is 18.5 Å². The van der Waals surface area contributed by atoms with Crippen molar-refractivity contribution in [3.05, 3.63) is 35.4 Å². The van der Waals surface area contributed by atoms with E-state index in [-0.39, 0.29) is 12.5 Å². The molecule has 0 spiro atoms. The highest BCUT2D eigenvalue weighted by Crippen LogP contribution is 2.04. The summed E-state index contributed by atoms with van der Waals surface area (Å²) in [5.41, 5.74) is 1.91. The molecule has 2 N–H and O–H groups in total. The Hall–Kier alpha value is -1.79. The Kier molecular flexibility index (Phi) is 5.96. The maximum absolute atomic E-state index is 11.5. The summed E-state index contributed by atoms with van der Waals surface area (Å²) in [4.78, 5) is 11.5. The topological polar surface area (TPSA) is 49.3 Å². The van der Waals surface area contributed by atoms with Gasteiger partial charge in [-0.25, -0.2) is 0 Å². The number of carbonyl (C=O) groups is 1. The van der Waals surface area contributed by atoms with Gasteiger partial charge >= 0.3 is 0 Å². The summed E-state index contributed by atoms with van der Waals surface area (Å²) < 4.78 is 0. The number of hydrogen-bond donors (Lipinski definition) is 2. The largest absolute Gasteiger partial charge is 0.384 e. The van der Waals surface area contributed by atoms with Crippen LogP contribution < -0.4 is 5.32 Å². The Morgan fingerprint density at radius 2 is 2.00 bits per heavy atom. The maximum Gasteiger partial charge on any atom is 0.220 e. The van der Waals surface area contributed by atoms with Crippen LogP contribution in [0.4, 0.5) is 0 Å². The minimum absolute atomic E-state index is 0.0779. The van der Waals surface area contributed by atoms with E-state index < -0.39 is 0 Å². The highest BCUT2D eigenvalue weighted by atomic mass is 16.2. The molecular weight excluding hydrogens is 226 g/mol. The molecule has 1 aromatic carbocycles. The molecule has 0 aliphatic heterocycles. The number of aliphatic hydroxyl groups is 1. The molecule has 3 nitrogen and oxygen atoms in total. The van der Waals surface area contributed by atoms with Gasteiger partial charge in [-0.15, -0.1) is 0 Å². The average Bonchev–Trinajstić information content (AvgIpc) is 2.34. The number of nitrogens with one attached hydrogen (secondary N) is 1. The molecule has 0 fully saturated rings. The summed E-state index contributed by atoms with van der Waals surface area (Å²) in [6.45, 7) is 4.45. The van der Waals surface area contributed by atoms with Crippen molar-refractivity contribution in [3.8, 4) is 11.8 Å². The van der Waals surface area contributed by atoms with Crippen LogP contribution in [0.1, 0.15) is 31.4 Å². The second-order valence-electron chi connectivity index (χ2n) is 4.53. The first kappa shape index (κ1) is 14.3. The molecule has 0 aliphatic rings. The lowest BCUT2D eigenvalue weighted by molar-refractivity contribution is -0.121. The first-order valence-corrected chi connectivity index (χ1v) is 6.07. The number of rotatable bonds is 4. The van der Waals surface area contributed by atoms with Crippen LogP contribution in [0.3, 0.4) is 0 Å². The number of carbonyl (C=O) groups excluding carboxylic acids is 1. The number of amides is 1. The predicted molar refractivity (Wildman–Crippen MR) is 71.7 cm³/mol. The fraction of sp³-hybridized carbons (Fsp3) is 0.400. The lowest BCUT2D eigenvalue weighted by atomic mass is 10.1. The SMILES string of the molecule is CC(C)CC(=O)NCc1ccc(C#CCO)cc1. The molecule has 1 rings (SSSR count). The lowest BCUT2D eigenvalue weighted by Gasteiger charge is -2.07. The van der Waals surface area contributed by atoms with Gasteiger partial charge in [-0.1, -0.05) is 37.8 Å². The molecule has 96 valence electrons. The zero-order valence-corrected chi connectivity index (χ0v) is 10.9. The molecule has 0 aromatic heterocycles. The highest BCUT2D eigenvalue weighted by molar-refractivity contribution is 5.76. The molecular formula is C15H19NO2. The van der Waals surface area contributed by atoms with E-state index in [4.69, 9.17) is 5.11 Å². The highest BCUT2D eigenvalue weighted by Gasteiger charge is 2.03. The third-order valence-electron chi connectivity index (χ3n) is 2.35. The fourth-order valence-electron chi connectivity index (χ4n) is 1.49. The van der Waals surface area contributed by atoms with Gasteiger partial charge in [-0.05, 0) is 23.6 Å². The second kappa shape index (κ2) is 7.52. The third-order valence-corrected chi connectivity index (χ3v) is 2.35. The van der Waals surface area contributed by atoms with Crippen molar-refractivity contribution < 1.29 is 9.90 Å². The van der Waals surface area contributed by atoms with Crippen molar-refractivity contribution in [1.29, 1.82) is 0 Å². The van der Waals surface area contributed by atoms with Crippen molar-refractivity contribution >= 4 is 5.91 Å². The summed E-state index contributed by atoms with van der Waals surface area (Å²) in [6, 6.07) is 7.62. The van der Waals surface area contributed by atoms with Crippen molar-refractivity contribution in [1.82, 2.24) is 5.32 Å². The summed E-state index contributed by atoms with van der Waals surface area (Å²) >= 11 is 0. The van der Waals surface area contributed by atoms with Gasteiger partial charge in [0.1, 0.15) is 6.61 Å². The molecule has 0 saturated heterocycles. The molecule has 1 amide bonds. The molecule has 0 saturated carbocycles. The number of benzene rings is 1. The molecule has 0 atom stereocenters. The van der Waals surface area contributed by atoms with E-state index in [9.17, 15) is 4.79 Å². The van der Waals surface area contributed by atoms with Crippen LogP contribution in [-0.4, -0.2) is 17.6 Å². The number of aliphatic hydroxyl groups excluding tert-OH is 1. The quantitative estimate of drug-likeness (QED) is 0.793.